The average molecular weight is 877 g/mol. The standard InChI is InChI=1S/C56H62B2N4O4/c1-3-5-7-9-11-13-15-21-37-65-47-31-19-17-27-43(47)57-60-45-29-23-25-39-33-35-41(53(59)49(39)45)51-55(63)52(56(51)64)42-36-34-40-26-24-30-46-50(40)54(42)62-58(61-46)44-28-18-20-32-48(44)66-38-22-16-14-12-10-8-6-4-2/h3-4,17-20,23-36,57,59-63H,1-2,5-16,21-22,37-38H2/b51-41-,59-53?. The van der Waals surface area contributed by atoms with Crippen molar-refractivity contribution in [3.05, 3.63) is 162 Å². The number of rotatable bonds is 25. The summed E-state index contributed by atoms with van der Waals surface area (Å²) >= 11 is 0. The fourth-order valence-electron chi connectivity index (χ4n) is 9.38. The number of fused-ring (bicyclic) bond motifs is 1. The van der Waals surface area contributed by atoms with E-state index < -0.39 is 0 Å². The first kappa shape index (κ1) is 45.9. The van der Waals surface area contributed by atoms with Gasteiger partial charge in [-0.25, -0.2) is 0 Å². The number of aliphatic hydroxyl groups excluding tert-OH is 1. The molecule has 3 aliphatic rings. The number of carbonyl (C=O) groups excluding carboxylic acids is 1. The number of aliphatic hydroxyl groups is 1. The minimum atomic E-state index is -0.357. The highest BCUT2D eigenvalue weighted by Gasteiger charge is 2.41. The lowest BCUT2D eigenvalue weighted by atomic mass is 9.65. The van der Waals surface area contributed by atoms with Gasteiger partial charge in [0.15, 0.2) is 0 Å². The summed E-state index contributed by atoms with van der Waals surface area (Å²) in [6, 6.07) is 32.1. The van der Waals surface area contributed by atoms with Crippen LogP contribution in [0.1, 0.15) is 107 Å². The van der Waals surface area contributed by atoms with E-state index in [0.717, 1.165) is 94.3 Å². The molecule has 5 N–H and O–H groups in total. The number of allylic oxidation sites excluding steroid dienone is 6. The normalized spacial score (nSPS) is 14.9. The number of ether oxygens (including phenoxy) is 2. The zero-order valence-electron chi connectivity index (χ0n) is 38.2. The number of ketones is 1. The van der Waals surface area contributed by atoms with E-state index in [1.165, 1.54) is 51.4 Å². The van der Waals surface area contributed by atoms with Crippen LogP contribution in [0.15, 0.2) is 145 Å². The number of unbranched alkanes of at least 4 members (excludes halogenated alkanes) is 12. The van der Waals surface area contributed by atoms with Crippen molar-refractivity contribution in [1.82, 2.24) is 0 Å². The van der Waals surface area contributed by atoms with Crippen LogP contribution in [-0.4, -0.2) is 44.2 Å². The van der Waals surface area contributed by atoms with E-state index in [0.29, 0.717) is 37.3 Å². The number of hydrogen-bond donors (Lipinski definition) is 5. The summed E-state index contributed by atoms with van der Waals surface area (Å²) in [5.41, 5.74) is 7.59. The van der Waals surface area contributed by atoms with E-state index in [9.17, 15) is 15.3 Å². The molecule has 5 aromatic rings. The number of Topliss-reactive ketones (excluding diaryl/α,β-unsaturated/α-hetero) is 1. The van der Waals surface area contributed by atoms with E-state index in [2.05, 4.69) is 47.0 Å². The van der Waals surface area contributed by atoms with Gasteiger partial charge in [0.2, 0.25) is 5.78 Å². The first-order chi connectivity index (χ1) is 32.5. The lowest BCUT2D eigenvalue weighted by Crippen LogP contribution is -2.48. The van der Waals surface area contributed by atoms with Crippen LogP contribution in [0.4, 0.5) is 17.1 Å². The lowest BCUT2D eigenvalue weighted by Gasteiger charge is -2.32. The van der Waals surface area contributed by atoms with Gasteiger partial charge in [-0.2, -0.15) is 0 Å². The summed E-state index contributed by atoms with van der Waals surface area (Å²) in [7, 11) is 0.496. The topological polar surface area (TPSA) is 116 Å². The Bertz CT molecular complexity index is 2690. The predicted molar refractivity (Wildman–Crippen MR) is 280 cm³/mol. The Morgan fingerprint density at radius 2 is 1.33 bits per heavy atom. The zero-order valence-corrected chi connectivity index (χ0v) is 38.2. The minimum absolute atomic E-state index is 0.105. The van der Waals surface area contributed by atoms with Gasteiger partial charge < -0.3 is 30.3 Å². The van der Waals surface area contributed by atoms with Crippen molar-refractivity contribution in [2.45, 2.75) is 89.9 Å². The van der Waals surface area contributed by atoms with Crippen LogP contribution in [0.25, 0.3) is 22.4 Å². The molecule has 0 saturated heterocycles. The van der Waals surface area contributed by atoms with Crippen molar-refractivity contribution >= 4 is 76.3 Å². The first-order valence-corrected chi connectivity index (χ1v) is 24.1. The van der Waals surface area contributed by atoms with Crippen molar-refractivity contribution in [1.29, 1.82) is 5.41 Å². The first-order valence-electron chi connectivity index (χ1n) is 24.1. The highest BCUT2D eigenvalue weighted by Crippen LogP contribution is 2.47. The fourth-order valence-corrected chi connectivity index (χ4v) is 9.38. The molecule has 336 valence electrons. The van der Waals surface area contributed by atoms with Gasteiger partial charge in [0, 0.05) is 44.6 Å². The van der Waals surface area contributed by atoms with E-state index in [1.54, 1.807) is 6.08 Å². The van der Waals surface area contributed by atoms with Gasteiger partial charge in [-0.1, -0.05) is 148 Å². The Morgan fingerprint density at radius 3 is 2.06 bits per heavy atom. The van der Waals surface area contributed by atoms with Crippen LogP contribution in [0.5, 0.6) is 11.5 Å². The molecule has 5 aromatic carbocycles. The maximum atomic E-state index is 14.4. The molecule has 66 heavy (non-hydrogen) atoms. The molecule has 8 rings (SSSR count). The van der Waals surface area contributed by atoms with Gasteiger partial charge in [-0.05, 0) is 79.2 Å². The van der Waals surface area contributed by atoms with Crippen LogP contribution in [-0.2, 0) is 4.79 Å². The number of hydrogen-bond acceptors (Lipinski definition) is 8. The number of benzene rings is 5. The second kappa shape index (κ2) is 22.5. The van der Waals surface area contributed by atoms with E-state index in [-0.39, 0.29) is 35.4 Å². The summed E-state index contributed by atoms with van der Waals surface area (Å²) in [5.74, 6) is 1.25. The van der Waals surface area contributed by atoms with Crippen molar-refractivity contribution < 1.29 is 19.4 Å². The van der Waals surface area contributed by atoms with Gasteiger partial charge in [0.1, 0.15) is 17.3 Å². The molecular formula is C56H62B2N4O4. The van der Waals surface area contributed by atoms with Crippen LogP contribution in [0, 0.1) is 5.41 Å². The van der Waals surface area contributed by atoms with E-state index in [4.69, 9.17) is 9.47 Å². The van der Waals surface area contributed by atoms with Crippen molar-refractivity contribution in [3.8, 4) is 11.5 Å². The summed E-state index contributed by atoms with van der Waals surface area (Å²) in [5, 5.41) is 34.3. The van der Waals surface area contributed by atoms with Gasteiger partial charge in [0.25, 0.3) is 7.41 Å². The van der Waals surface area contributed by atoms with Crippen molar-refractivity contribution in [3.63, 3.8) is 0 Å². The third kappa shape index (κ3) is 10.4. The third-order valence-corrected chi connectivity index (χ3v) is 12.9. The summed E-state index contributed by atoms with van der Waals surface area (Å²) < 4.78 is 12.7. The Kier molecular flexibility index (Phi) is 15.6. The molecule has 0 fully saturated rings. The van der Waals surface area contributed by atoms with Gasteiger partial charge in [-0.15, -0.1) is 13.2 Å². The highest BCUT2D eigenvalue weighted by molar-refractivity contribution is 6.81. The molecule has 1 aliphatic heterocycles. The van der Waals surface area contributed by atoms with E-state index in [1.807, 2.05) is 97.1 Å². The molecule has 1 heterocycles. The molecule has 2 aliphatic carbocycles. The molecule has 10 heteroatoms. The molecule has 8 nitrogen and oxygen atoms in total. The van der Waals surface area contributed by atoms with Gasteiger partial charge in [-0.3, -0.25) is 10.2 Å². The molecule has 0 amide bonds. The maximum Gasteiger partial charge on any atom is 0.409 e. The Hall–Kier alpha value is -6.67. The number of nitrogens with one attached hydrogen (secondary N) is 4. The maximum absolute atomic E-state index is 14.4. The quantitative estimate of drug-likeness (QED) is 0.0172. The lowest BCUT2D eigenvalue weighted by molar-refractivity contribution is -0.111. The smallest absolute Gasteiger partial charge is 0.409 e. The Labute approximate surface area is 391 Å². The molecule has 0 aromatic heterocycles. The molecule has 0 bridgehead atoms. The monoisotopic (exact) mass is 876 g/mol. The second-order valence-corrected chi connectivity index (χ2v) is 17.5. The molecule has 0 radical (unpaired) electrons. The highest BCUT2D eigenvalue weighted by atomic mass is 16.5. The molecular weight excluding hydrogens is 814 g/mol. The second-order valence-electron chi connectivity index (χ2n) is 17.5. The largest absolute Gasteiger partial charge is 0.506 e. The van der Waals surface area contributed by atoms with Crippen LogP contribution >= 0.6 is 0 Å². The fraction of sp³-hybridized carbons (Fsp3) is 0.286. The molecule has 0 unspecified atom stereocenters. The number of carbonyl (C=O) groups is 1. The van der Waals surface area contributed by atoms with Crippen molar-refractivity contribution in [2.75, 3.05) is 28.9 Å². The molecule has 0 atom stereocenters. The molecule has 0 spiro atoms. The van der Waals surface area contributed by atoms with Crippen LogP contribution in [0.2, 0.25) is 0 Å². The Balaban J connectivity index is 0.975. The van der Waals surface area contributed by atoms with Gasteiger partial charge in [0.05, 0.1) is 30.1 Å². The predicted octanol–water partition coefficient (Wildman–Crippen LogP) is 12.0. The third-order valence-electron chi connectivity index (χ3n) is 12.9. The van der Waals surface area contributed by atoms with E-state index >= 15 is 0 Å². The number of para-hydroxylation sites is 2. The van der Waals surface area contributed by atoms with Crippen LogP contribution in [0.3, 0.4) is 0 Å². The Morgan fingerprint density at radius 1 is 0.682 bits per heavy atom. The summed E-state index contributed by atoms with van der Waals surface area (Å²) in [6.07, 6.45) is 23.9. The van der Waals surface area contributed by atoms with Gasteiger partial charge >= 0.3 is 6.98 Å². The summed E-state index contributed by atoms with van der Waals surface area (Å²) in [4.78, 5) is 14.4. The zero-order chi connectivity index (χ0) is 45.7. The minimum Gasteiger partial charge on any atom is -0.506 e. The average Bonchev–Trinajstić information content (AvgIpc) is 3.34. The summed E-state index contributed by atoms with van der Waals surface area (Å²) in [6.45, 7) is 8.58. The molecule has 0 saturated carbocycles. The van der Waals surface area contributed by atoms with Crippen LogP contribution < -0.4 is 36.1 Å². The van der Waals surface area contributed by atoms with Crippen molar-refractivity contribution in [2.24, 2.45) is 0 Å². The number of anilines is 3. The SMILES string of the molecule is C=CCCCCCCCCOc1ccccc1BNc1cccc2c1C(=N)/C(=C1\C(=O)C(c3ccc4cccc5c4c3NB(c3ccccc3OCCCCCCCCC=C)N5)=C1O)C=C2.